The Hall–Kier alpha value is -3.67. The molecule has 140 valence electrons. The SMILES string of the molecule is Cc1cccn2cc(COc3ccccc3C(=O)Nc3cccc(F)c3)nc12. The number of aryl methyl sites for hydroxylation is 1. The molecule has 0 bridgehead atoms. The first-order valence-electron chi connectivity index (χ1n) is 8.82. The number of para-hydroxylation sites is 1. The molecule has 1 N–H and O–H groups in total. The minimum atomic E-state index is -0.413. The number of amides is 1. The fourth-order valence-corrected chi connectivity index (χ4v) is 2.97. The number of hydrogen-bond acceptors (Lipinski definition) is 3. The summed E-state index contributed by atoms with van der Waals surface area (Å²) in [4.78, 5) is 17.2. The summed E-state index contributed by atoms with van der Waals surface area (Å²) in [6, 6.07) is 16.6. The van der Waals surface area contributed by atoms with Crippen LogP contribution in [0.3, 0.4) is 0 Å². The normalized spacial score (nSPS) is 10.8. The average Bonchev–Trinajstić information content (AvgIpc) is 3.11. The largest absolute Gasteiger partial charge is 0.486 e. The topological polar surface area (TPSA) is 55.6 Å². The highest BCUT2D eigenvalue weighted by atomic mass is 19.1. The Labute approximate surface area is 161 Å². The van der Waals surface area contributed by atoms with Crippen LogP contribution in [0.4, 0.5) is 10.1 Å². The molecule has 2 aromatic heterocycles. The van der Waals surface area contributed by atoms with E-state index in [4.69, 9.17) is 4.74 Å². The molecule has 0 aliphatic carbocycles. The lowest BCUT2D eigenvalue weighted by molar-refractivity contribution is 0.102. The number of nitrogens with one attached hydrogen (secondary N) is 1. The number of nitrogens with zero attached hydrogens (tertiary/aromatic N) is 2. The number of rotatable bonds is 5. The number of benzene rings is 2. The summed E-state index contributed by atoms with van der Waals surface area (Å²) >= 11 is 0. The van der Waals surface area contributed by atoms with E-state index in [0.717, 1.165) is 16.9 Å². The van der Waals surface area contributed by atoms with Gasteiger partial charge in [-0.2, -0.15) is 0 Å². The molecule has 0 aliphatic heterocycles. The molecule has 1 amide bonds. The second-order valence-electron chi connectivity index (χ2n) is 6.40. The van der Waals surface area contributed by atoms with Gasteiger partial charge in [0.1, 0.15) is 23.8 Å². The van der Waals surface area contributed by atoms with Crippen molar-refractivity contribution in [3.8, 4) is 5.75 Å². The maximum absolute atomic E-state index is 13.3. The summed E-state index contributed by atoms with van der Waals surface area (Å²) in [7, 11) is 0. The smallest absolute Gasteiger partial charge is 0.259 e. The van der Waals surface area contributed by atoms with Crippen molar-refractivity contribution in [2.45, 2.75) is 13.5 Å². The third kappa shape index (κ3) is 3.71. The van der Waals surface area contributed by atoms with Crippen LogP contribution in [0.2, 0.25) is 0 Å². The molecular weight excluding hydrogens is 357 g/mol. The standard InChI is InChI=1S/C22H18FN3O2/c1-15-6-5-11-26-13-18(24-21(15)26)14-28-20-10-3-2-9-19(20)22(27)25-17-8-4-7-16(23)12-17/h2-13H,14H2,1H3,(H,25,27). The van der Waals surface area contributed by atoms with Crippen LogP contribution in [-0.4, -0.2) is 15.3 Å². The van der Waals surface area contributed by atoms with E-state index in [0.29, 0.717) is 17.0 Å². The van der Waals surface area contributed by atoms with Gasteiger partial charge in [-0.1, -0.05) is 24.3 Å². The van der Waals surface area contributed by atoms with Crippen molar-refractivity contribution in [1.82, 2.24) is 9.38 Å². The Morgan fingerprint density at radius 2 is 2.00 bits per heavy atom. The molecule has 5 nitrogen and oxygen atoms in total. The zero-order valence-corrected chi connectivity index (χ0v) is 15.2. The molecule has 0 atom stereocenters. The third-order valence-electron chi connectivity index (χ3n) is 4.32. The highest BCUT2D eigenvalue weighted by Crippen LogP contribution is 2.21. The fourth-order valence-electron chi connectivity index (χ4n) is 2.97. The number of ether oxygens (including phenoxy) is 1. The molecule has 2 heterocycles. The van der Waals surface area contributed by atoms with Gasteiger partial charge in [0.05, 0.1) is 11.3 Å². The second-order valence-corrected chi connectivity index (χ2v) is 6.40. The Morgan fingerprint density at radius 1 is 1.14 bits per heavy atom. The number of imidazole rings is 1. The molecule has 0 fully saturated rings. The van der Waals surface area contributed by atoms with Gasteiger partial charge in [-0.05, 0) is 48.9 Å². The van der Waals surface area contributed by atoms with E-state index in [1.165, 1.54) is 12.1 Å². The number of fused-ring (bicyclic) bond motifs is 1. The molecule has 0 aliphatic rings. The van der Waals surface area contributed by atoms with E-state index < -0.39 is 5.82 Å². The quantitative estimate of drug-likeness (QED) is 0.554. The van der Waals surface area contributed by atoms with Crippen LogP contribution in [0.5, 0.6) is 5.75 Å². The van der Waals surface area contributed by atoms with Crippen molar-refractivity contribution in [3.63, 3.8) is 0 Å². The third-order valence-corrected chi connectivity index (χ3v) is 4.32. The van der Waals surface area contributed by atoms with E-state index in [9.17, 15) is 9.18 Å². The van der Waals surface area contributed by atoms with E-state index in [1.54, 1.807) is 36.4 Å². The van der Waals surface area contributed by atoms with Gasteiger partial charge in [-0.3, -0.25) is 4.79 Å². The van der Waals surface area contributed by atoms with Gasteiger partial charge in [0.25, 0.3) is 5.91 Å². The van der Waals surface area contributed by atoms with Crippen LogP contribution in [-0.2, 0) is 6.61 Å². The summed E-state index contributed by atoms with van der Waals surface area (Å²) in [5.41, 5.74) is 3.46. The summed E-state index contributed by atoms with van der Waals surface area (Å²) in [6.45, 7) is 2.23. The average molecular weight is 375 g/mol. The number of carbonyl (C=O) groups is 1. The molecule has 0 spiro atoms. The van der Waals surface area contributed by atoms with Gasteiger partial charge < -0.3 is 14.5 Å². The number of halogens is 1. The molecule has 4 aromatic rings. The lowest BCUT2D eigenvalue weighted by atomic mass is 10.2. The van der Waals surface area contributed by atoms with E-state index in [1.807, 2.05) is 35.9 Å². The maximum Gasteiger partial charge on any atom is 0.259 e. The predicted octanol–water partition coefficient (Wildman–Crippen LogP) is 4.61. The Kier molecular flexibility index (Phi) is 4.76. The fraction of sp³-hybridized carbons (Fsp3) is 0.0909. The minimum Gasteiger partial charge on any atom is -0.486 e. The lowest BCUT2D eigenvalue weighted by Gasteiger charge is -2.11. The zero-order valence-electron chi connectivity index (χ0n) is 15.2. The van der Waals surface area contributed by atoms with E-state index >= 15 is 0 Å². The first-order valence-corrected chi connectivity index (χ1v) is 8.82. The van der Waals surface area contributed by atoms with Crippen molar-refractivity contribution in [3.05, 3.63) is 95.7 Å². The molecule has 0 radical (unpaired) electrons. The van der Waals surface area contributed by atoms with Gasteiger partial charge in [0, 0.05) is 18.1 Å². The van der Waals surface area contributed by atoms with Gasteiger partial charge in [0.15, 0.2) is 0 Å². The van der Waals surface area contributed by atoms with Crippen molar-refractivity contribution >= 4 is 17.2 Å². The van der Waals surface area contributed by atoms with Crippen LogP contribution in [0.1, 0.15) is 21.6 Å². The van der Waals surface area contributed by atoms with Crippen LogP contribution in [0, 0.1) is 12.7 Å². The number of hydrogen-bond donors (Lipinski definition) is 1. The van der Waals surface area contributed by atoms with Crippen molar-refractivity contribution < 1.29 is 13.9 Å². The maximum atomic E-state index is 13.3. The van der Waals surface area contributed by atoms with E-state index in [-0.39, 0.29) is 12.5 Å². The predicted molar refractivity (Wildman–Crippen MR) is 105 cm³/mol. The molecule has 0 saturated heterocycles. The van der Waals surface area contributed by atoms with Gasteiger partial charge in [-0.25, -0.2) is 9.37 Å². The molecule has 0 unspecified atom stereocenters. The van der Waals surface area contributed by atoms with Crippen LogP contribution in [0.25, 0.3) is 5.65 Å². The van der Waals surface area contributed by atoms with Crippen LogP contribution in [0.15, 0.2) is 73.1 Å². The van der Waals surface area contributed by atoms with Gasteiger partial charge in [0.2, 0.25) is 0 Å². The van der Waals surface area contributed by atoms with Crippen molar-refractivity contribution in [2.75, 3.05) is 5.32 Å². The first-order chi connectivity index (χ1) is 13.6. The van der Waals surface area contributed by atoms with Gasteiger partial charge in [-0.15, -0.1) is 0 Å². The zero-order chi connectivity index (χ0) is 19.5. The highest BCUT2D eigenvalue weighted by molar-refractivity contribution is 6.06. The highest BCUT2D eigenvalue weighted by Gasteiger charge is 2.13. The number of aromatic nitrogens is 2. The Bertz CT molecular complexity index is 1150. The molecule has 0 saturated carbocycles. The summed E-state index contributed by atoms with van der Waals surface area (Å²) in [6.07, 6.45) is 3.83. The monoisotopic (exact) mass is 375 g/mol. The second kappa shape index (κ2) is 7.52. The van der Waals surface area contributed by atoms with Crippen molar-refractivity contribution in [2.24, 2.45) is 0 Å². The Balaban J connectivity index is 1.52. The molecule has 4 rings (SSSR count). The number of carbonyl (C=O) groups excluding carboxylic acids is 1. The molecule has 6 heteroatoms. The molecule has 28 heavy (non-hydrogen) atoms. The number of pyridine rings is 1. The number of anilines is 1. The summed E-state index contributed by atoms with van der Waals surface area (Å²) in [5.74, 6) is -0.346. The van der Waals surface area contributed by atoms with Gasteiger partial charge >= 0.3 is 0 Å². The van der Waals surface area contributed by atoms with Crippen molar-refractivity contribution in [1.29, 1.82) is 0 Å². The molecular formula is C22H18FN3O2. The lowest BCUT2D eigenvalue weighted by Crippen LogP contribution is -2.13. The van der Waals surface area contributed by atoms with E-state index in [2.05, 4.69) is 10.3 Å². The summed E-state index contributed by atoms with van der Waals surface area (Å²) < 4.78 is 21.1. The van der Waals surface area contributed by atoms with Crippen LogP contribution >= 0.6 is 0 Å². The Morgan fingerprint density at radius 3 is 2.82 bits per heavy atom. The summed E-state index contributed by atoms with van der Waals surface area (Å²) in [5, 5.41) is 2.69. The first kappa shape index (κ1) is 17.7. The van der Waals surface area contributed by atoms with Crippen LogP contribution < -0.4 is 10.1 Å². The minimum absolute atomic E-state index is 0.228. The molecule has 2 aromatic carbocycles.